The highest BCUT2D eigenvalue weighted by Crippen LogP contribution is 2.52. The highest BCUT2D eigenvalue weighted by molar-refractivity contribution is 5.35. The molecule has 1 N–H and O–H groups in total. The second-order valence-corrected chi connectivity index (χ2v) is 3.85. The van der Waals surface area contributed by atoms with Crippen LogP contribution in [0.1, 0.15) is 5.56 Å². The lowest BCUT2D eigenvalue weighted by Gasteiger charge is -2.15. The second kappa shape index (κ2) is 4.56. The Morgan fingerprint density at radius 1 is 1.22 bits per heavy atom. The van der Waals surface area contributed by atoms with E-state index < -0.39 is 11.8 Å². The maximum absolute atomic E-state index is 12.7. The van der Waals surface area contributed by atoms with Gasteiger partial charge in [0.25, 0.3) is 0 Å². The number of nitrogens with one attached hydrogen (secondary N) is 1. The summed E-state index contributed by atoms with van der Waals surface area (Å²) < 4.78 is 43.4. The Balaban J connectivity index is 2.05. The van der Waals surface area contributed by atoms with Crippen LogP contribution in [-0.2, 0) is 5.66 Å². The average Bonchev–Trinajstić information content (AvgIpc) is 3.11. The second-order valence-electron chi connectivity index (χ2n) is 3.85. The number of rotatable bonds is 5. The van der Waals surface area contributed by atoms with E-state index in [1.807, 2.05) is 0 Å². The molecule has 1 heterocycles. The molecule has 1 aliphatic heterocycles. The van der Waals surface area contributed by atoms with E-state index in [1.54, 1.807) is 7.05 Å². The summed E-state index contributed by atoms with van der Waals surface area (Å²) in [5, 5.41) is 9.16. The average molecular weight is 259 g/mol. The first-order valence-electron chi connectivity index (χ1n) is 5.38. The number of nitrogens with zero attached hydrogens (tertiary/aromatic N) is 2. The van der Waals surface area contributed by atoms with Gasteiger partial charge in [-0.1, -0.05) is 12.1 Å². The van der Waals surface area contributed by atoms with Crippen LogP contribution in [0, 0.1) is 0 Å². The normalized spacial score (nSPS) is 16.7. The molecule has 0 bridgehead atoms. The Morgan fingerprint density at radius 3 is 2.28 bits per heavy atom. The van der Waals surface area contributed by atoms with Crippen molar-refractivity contribution in [3.63, 3.8) is 0 Å². The van der Waals surface area contributed by atoms with Gasteiger partial charge in [0, 0.05) is 12.1 Å². The zero-order valence-electron chi connectivity index (χ0n) is 9.66. The minimum absolute atomic E-state index is 0.0102. The summed E-state index contributed by atoms with van der Waals surface area (Å²) in [4.78, 5) is 0. The minimum atomic E-state index is -4.48. The molecule has 0 fully saturated rings. The summed E-state index contributed by atoms with van der Waals surface area (Å²) in [6.45, 7) is 1.12. The zero-order chi connectivity index (χ0) is 13.2. The lowest BCUT2D eigenvalue weighted by Crippen LogP contribution is -2.29. The van der Waals surface area contributed by atoms with Crippen molar-refractivity contribution in [1.29, 1.82) is 0 Å². The molecule has 0 aromatic heterocycles. The van der Waals surface area contributed by atoms with Gasteiger partial charge in [-0.25, -0.2) is 0 Å². The molecule has 0 radical (unpaired) electrons. The summed E-state index contributed by atoms with van der Waals surface area (Å²) >= 11 is 0. The van der Waals surface area contributed by atoms with E-state index in [4.69, 9.17) is 4.74 Å². The SMILES string of the molecule is CNCCOc1ccc(C2(C(F)(F)F)N=N2)cc1. The van der Waals surface area contributed by atoms with E-state index in [2.05, 4.69) is 15.5 Å². The third-order valence-electron chi connectivity index (χ3n) is 2.57. The molecule has 1 aromatic rings. The zero-order valence-corrected chi connectivity index (χ0v) is 9.66. The number of benzene rings is 1. The summed E-state index contributed by atoms with van der Waals surface area (Å²) in [6.07, 6.45) is -4.48. The Morgan fingerprint density at radius 2 is 1.83 bits per heavy atom. The van der Waals surface area contributed by atoms with Crippen LogP contribution in [0.3, 0.4) is 0 Å². The summed E-state index contributed by atoms with van der Waals surface area (Å²) in [6, 6.07) is 5.65. The van der Waals surface area contributed by atoms with Crippen LogP contribution in [0.4, 0.5) is 13.2 Å². The molecule has 2 rings (SSSR count). The predicted octanol–water partition coefficient (Wildman–Crippen LogP) is 2.47. The standard InChI is InChI=1S/C11H12F3N3O/c1-15-6-7-18-9-4-2-8(3-5-9)10(16-17-10)11(12,13)14/h2-5,15H,6-7H2,1H3. The van der Waals surface area contributed by atoms with Crippen molar-refractivity contribution in [3.8, 4) is 5.75 Å². The van der Waals surface area contributed by atoms with Crippen molar-refractivity contribution in [2.24, 2.45) is 10.2 Å². The van der Waals surface area contributed by atoms with Crippen molar-refractivity contribution in [3.05, 3.63) is 29.8 Å². The molecule has 1 aromatic carbocycles. The van der Waals surface area contributed by atoms with Crippen molar-refractivity contribution in [2.75, 3.05) is 20.2 Å². The maximum Gasteiger partial charge on any atom is 0.442 e. The Hall–Kier alpha value is -1.63. The smallest absolute Gasteiger partial charge is 0.442 e. The fourth-order valence-electron chi connectivity index (χ4n) is 1.50. The van der Waals surface area contributed by atoms with Crippen LogP contribution < -0.4 is 10.1 Å². The van der Waals surface area contributed by atoms with Gasteiger partial charge >= 0.3 is 11.8 Å². The third-order valence-corrected chi connectivity index (χ3v) is 2.57. The van der Waals surface area contributed by atoms with Gasteiger partial charge in [-0.3, -0.25) is 0 Å². The fraction of sp³-hybridized carbons (Fsp3) is 0.455. The van der Waals surface area contributed by atoms with Gasteiger partial charge in [0.2, 0.25) is 0 Å². The first kappa shape index (κ1) is 12.8. The third kappa shape index (κ3) is 2.31. The molecule has 7 heteroatoms. The maximum atomic E-state index is 12.7. The summed E-state index contributed by atoms with van der Waals surface area (Å²) in [5.74, 6) is 0.520. The minimum Gasteiger partial charge on any atom is -0.492 e. The number of hydrogen-bond donors (Lipinski definition) is 1. The van der Waals surface area contributed by atoms with Gasteiger partial charge < -0.3 is 10.1 Å². The van der Waals surface area contributed by atoms with E-state index >= 15 is 0 Å². The molecule has 0 saturated carbocycles. The summed E-state index contributed by atoms with van der Waals surface area (Å²) in [7, 11) is 1.79. The summed E-state index contributed by atoms with van der Waals surface area (Å²) in [5.41, 5.74) is -2.34. The van der Waals surface area contributed by atoms with Crippen LogP contribution in [0.2, 0.25) is 0 Å². The van der Waals surface area contributed by atoms with Crippen LogP contribution >= 0.6 is 0 Å². The van der Waals surface area contributed by atoms with Crippen LogP contribution in [0.25, 0.3) is 0 Å². The van der Waals surface area contributed by atoms with Crippen molar-refractivity contribution in [1.82, 2.24) is 5.32 Å². The van der Waals surface area contributed by atoms with Gasteiger partial charge in [0.15, 0.2) is 0 Å². The lowest BCUT2D eigenvalue weighted by atomic mass is 10.0. The number of ether oxygens (including phenoxy) is 1. The van der Waals surface area contributed by atoms with E-state index in [-0.39, 0.29) is 5.56 Å². The van der Waals surface area contributed by atoms with E-state index in [1.165, 1.54) is 24.3 Å². The number of likely N-dealkylation sites (N-methyl/N-ethyl adjacent to an activating group) is 1. The quantitative estimate of drug-likeness (QED) is 0.826. The fourth-order valence-corrected chi connectivity index (χ4v) is 1.50. The van der Waals surface area contributed by atoms with Crippen molar-refractivity contribution >= 4 is 0 Å². The van der Waals surface area contributed by atoms with Gasteiger partial charge in [-0.05, 0) is 19.2 Å². The molecule has 0 atom stereocenters. The topological polar surface area (TPSA) is 46.0 Å². The van der Waals surface area contributed by atoms with E-state index in [0.717, 1.165) is 0 Å². The Kier molecular flexibility index (Phi) is 3.25. The molecule has 0 aliphatic carbocycles. The highest BCUT2D eigenvalue weighted by Gasteiger charge is 2.65. The Labute approximate surface area is 102 Å². The first-order chi connectivity index (χ1) is 8.49. The molecule has 0 spiro atoms. The van der Waals surface area contributed by atoms with Gasteiger partial charge in [0.1, 0.15) is 12.4 Å². The van der Waals surface area contributed by atoms with Gasteiger partial charge in [-0.2, -0.15) is 13.2 Å². The number of alkyl halides is 3. The van der Waals surface area contributed by atoms with Crippen LogP contribution in [0.15, 0.2) is 34.5 Å². The van der Waals surface area contributed by atoms with Gasteiger partial charge in [-0.15, -0.1) is 10.2 Å². The van der Waals surface area contributed by atoms with E-state index in [0.29, 0.717) is 18.9 Å². The monoisotopic (exact) mass is 259 g/mol. The van der Waals surface area contributed by atoms with Gasteiger partial charge in [0.05, 0.1) is 0 Å². The van der Waals surface area contributed by atoms with E-state index in [9.17, 15) is 13.2 Å². The molecular weight excluding hydrogens is 247 g/mol. The highest BCUT2D eigenvalue weighted by atomic mass is 19.4. The molecule has 98 valence electrons. The molecular formula is C11H12F3N3O. The lowest BCUT2D eigenvalue weighted by molar-refractivity contribution is -0.166. The molecule has 4 nitrogen and oxygen atoms in total. The molecule has 0 amide bonds. The number of hydrogen-bond acceptors (Lipinski definition) is 4. The Bertz CT molecular complexity index is 436. The molecule has 1 aliphatic rings. The van der Waals surface area contributed by atoms with Crippen molar-refractivity contribution in [2.45, 2.75) is 11.8 Å². The predicted molar refractivity (Wildman–Crippen MR) is 58.5 cm³/mol. The van der Waals surface area contributed by atoms with Crippen LogP contribution in [0.5, 0.6) is 5.75 Å². The number of halogens is 3. The van der Waals surface area contributed by atoms with Crippen LogP contribution in [-0.4, -0.2) is 26.4 Å². The molecule has 18 heavy (non-hydrogen) atoms. The van der Waals surface area contributed by atoms with Crippen molar-refractivity contribution < 1.29 is 17.9 Å². The molecule has 0 unspecified atom stereocenters. The molecule has 0 saturated heterocycles. The first-order valence-corrected chi connectivity index (χ1v) is 5.38. The largest absolute Gasteiger partial charge is 0.492 e.